The van der Waals surface area contributed by atoms with Crippen LogP contribution in [0, 0.1) is 5.39 Å². The number of aromatic hydroxyl groups is 1. The lowest BCUT2D eigenvalue weighted by Gasteiger charge is -1.85. The molecular weight excluding hydrogens is 152 g/mol. The predicted molar refractivity (Wildman–Crippen MR) is 37.9 cm³/mol. The molecule has 3 nitrogen and oxygen atoms in total. The van der Waals surface area contributed by atoms with E-state index in [1.807, 2.05) is 0 Å². The van der Waals surface area contributed by atoms with Gasteiger partial charge in [0.25, 0.3) is 0 Å². The number of halogens is 1. The van der Waals surface area contributed by atoms with Crippen LogP contribution in [0.25, 0.3) is 4.98 Å². The Morgan fingerprint density at radius 2 is 2.20 bits per heavy atom. The van der Waals surface area contributed by atoms with Crippen LogP contribution in [0.5, 0.6) is 5.75 Å². The van der Waals surface area contributed by atoms with Gasteiger partial charge in [-0.05, 0) is 12.1 Å². The summed E-state index contributed by atoms with van der Waals surface area (Å²) in [5.74, 6) is -0.0908. The molecule has 0 aliphatic carbocycles. The Hall–Kier alpha value is -1.27. The van der Waals surface area contributed by atoms with Crippen LogP contribution in [-0.2, 0) is 0 Å². The fourth-order valence-corrected chi connectivity index (χ4v) is 0.743. The minimum atomic E-state index is -0.0908. The summed E-state index contributed by atoms with van der Waals surface area (Å²) in [5.41, 5.74) is 0.0764. The highest BCUT2D eigenvalue weighted by molar-refractivity contribution is 6.30. The fraction of sp³-hybridized carbons (Fsp3) is 0. The minimum Gasteiger partial charge on any atom is -0.501 e. The van der Waals surface area contributed by atoms with Crippen LogP contribution in [0.15, 0.2) is 18.2 Å². The fourth-order valence-electron chi connectivity index (χ4n) is 0.577. The summed E-state index contributed by atoms with van der Waals surface area (Å²) in [6.45, 7) is 0. The molecule has 10 heavy (non-hydrogen) atoms. The van der Waals surface area contributed by atoms with Gasteiger partial charge in [-0.3, -0.25) is 0 Å². The second-order valence-electron chi connectivity index (χ2n) is 1.73. The molecule has 0 amide bonds. The molecule has 0 spiro atoms. The van der Waals surface area contributed by atoms with Crippen LogP contribution in [-0.4, -0.2) is 5.11 Å². The van der Waals surface area contributed by atoms with Crippen LogP contribution in [0.1, 0.15) is 0 Å². The molecule has 0 fully saturated rings. The first-order chi connectivity index (χ1) is 4.74. The van der Waals surface area contributed by atoms with E-state index >= 15 is 0 Å². The highest BCUT2D eigenvalue weighted by Gasteiger charge is 2.11. The quantitative estimate of drug-likeness (QED) is 0.586. The summed E-state index contributed by atoms with van der Waals surface area (Å²) in [5, 5.41) is 17.6. The number of rotatable bonds is 0. The van der Waals surface area contributed by atoms with E-state index in [0.29, 0.717) is 5.02 Å². The summed E-state index contributed by atoms with van der Waals surface area (Å²) < 4.78 is 0. The Labute approximate surface area is 62.5 Å². The van der Waals surface area contributed by atoms with Gasteiger partial charge in [-0.15, -0.1) is 0 Å². The Morgan fingerprint density at radius 1 is 1.50 bits per heavy atom. The molecule has 0 aliphatic rings. The third kappa shape index (κ3) is 1.17. The van der Waals surface area contributed by atoms with E-state index in [1.54, 1.807) is 0 Å². The van der Waals surface area contributed by atoms with E-state index in [2.05, 4.69) is 4.98 Å². The molecule has 0 unspecified atom stereocenters. The minimum absolute atomic E-state index is 0.0764. The van der Waals surface area contributed by atoms with Crippen LogP contribution < -0.4 is 0 Å². The van der Waals surface area contributed by atoms with Crippen LogP contribution in [0.3, 0.4) is 0 Å². The molecule has 1 aromatic carbocycles. The zero-order chi connectivity index (χ0) is 7.56. The summed E-state index contributed by atoms with van der Waals surface area (Å²) in [6, 6.07) is 4.22. The van der Waals surface area contributed by atoms with E-state index in [0.717, 1.165) is 0 Å². The van der Waals surface area contributed by atoms with Gasteiger partial charge in [0.2, 0.25) is 11.1 Å². The maximum Gasteiger partial charge on any atom is 0.427 e. The van der Waals surface area contributed by atoms with Crippen LogP contribution in [0.4, 0.5) is 5.69 Å². The van der Waals surface area contributed by atoms with Gasteiger partial charge in [0.15, 0.2) is 4.98 Å². The third-order valence-electron chi connectivity index (χ3n) is 1.05. The monoisotopic (exact) mass is 155 g/mol. The summed E-state index contributed by atoms with van der Waals surface area (Å²) in [7, 11) is 0. The second kappa shape index (κ2) is 2.54. The van der Waals surface area contributed by atoms with E-state index < -0.39 is 0 Å². The summed E-state index contributed by atoms with van der Waals surface area (Å²) in [4.78, 5) is 2.80. The smallest absolute Gasteiger partial charge is 0.427 e. The molecule has 0 saturated heterocycles. The number of benzene rings is 1. The standard InChI is InChI=1S/C6H3ClN2O/c7-4-1-2-6(10)5(3-4)9-8/h1-3H/p+1. The Bertz CT molecular complexity index is 292. The number of nitrogens with zero attached hydrogens (tertiary/aromatic N) is 2. The topological polar surface area (TPSA) is 48.4 Å². The first kappa shape index (κ1) is 6.84. The zero-order valence-electron chi connectivity index (χ0n) is 4.95. The van der Waals surface area contributed by atoms with Gasteiger partial charge in [0.05, 0.1) is 6.07 Å². The van der Waals surface area contributed by atoms with Crippen molar-refractivity contribution >= 4 is 17.3 Å². The van der Waals surface area contributed by atoms with Crippen LogP contribution in [0.2, 0.25) is 5.02 Å². The molecule has 0 aromatic heterocycles. The van der Waals surface area contributed by atoms with Crippen molar-refractivity contribution in [3.63, 3.8) is 0 Å². The van der Waals surface area contributed by atoms with Crippen molar-refractivity contribution in [1.29, 1.82) is 5.39 Å². The first-order valence-corrected chi connectivity index (χ1v) is 2.95. The van der Waals surface area contributed by atoms with Crippen molar-refractivity contribution in [2.45, 2.75) is 0 Å². The highest BCUT2D eigenvalue weighted by atomic mass is 35.5. The Balaban J connectivity index is 3.25. The van der Waals surface area contributed by atoms with Crippen molar-refractivity contribution in [3.05, 3.63) is 28.2 Å². The van der Waals surface area contributed by atoms with Crippen molar-refractivity contribution in [1.82, 2.24) is 0 Å². The average molecular weight is 156 g/mol. The molecule has 1 rings (SSSR count). The molecule has 1 aromatic rings. The van der Waals surface area contributed by atoms with Gasteiger partial charge < -0.3 is 5.11 Å². The van der Waals surface area contributed by atoms with E-state index in [4.69, 9.17) is 22.1 Å². The van der Waals surface area contributed by atoms with Crippen molar-refractivity contribution < 1.29 is 5.11 Å². The summed E-state index contributed by atoms with van der Waals surface area (Å²) in [6.07, 6.45) is 0. The average Bonchev–Trinajstić information content (AvgIpc) is 1.94. The van der Waals surface area contributed by atoms with Crippen molar-refractivity contribution in [3.8, 4) is 5.75 Å². The molecule has 0 aliphatic heterocycles. The predicted octanol–water partition coefficient (Wildman–Crippen LogP) is 2.53. The third-order valence-corrected chi connectivity index (χ3v) is 1.28. The molecule has 4 heteroatoms. The molecule has 50 valence electrons. The maximum absolute atomic E-state index is 8.92. The van der Waals surface area contributed by atoms with Crippen molar-refractivity contribution in [2.75, 3.05) is 0 Å². The highest BCUT2D eigenvalue weighted by Crippen LogP contribution is 2.28. The van der Waals surface area contributed by atoms with Gasteiger partial charge in [-0.25, -0.2) is 0 Å². The Kier molecular flexibility index (Phi) is 1.74. The normalized spacial score (nSPS) is 8.80. The Morgan fingerprint density at radius 3 is 2.70 bits per heavy atom. The zero-order valence-corrected chi connectivity index (χ0v) is 5.71. The SMILES string of the molecule is N#[N+]c1cc(Cl)ccc1O. The van der Waals surface area contributed by atoms with Crippen molar-refractivity contribution in [2.24, 2.45) is 0 Å². The van der Waals surface area contributed by atoms with E-state index in [1.165, 1.54) is 18.2 Å². The lowest BCUT2D eigenvalue weighted by molar-refractivity contribution is 0.478. The summed E-state index contributed by atoms with van der Waals surface area (Å²) >= 11 is 5.51. The van der Waals surface area contributed by atoms with Gasteiger partial charge in [-0.1, -0.05) is 11.6 Å². The maximum atomic E-state index is 8.92. The molecule has 1 N–H and O–H groups in total. The molecule has 0 heterocycles. The lowest BCUT2D eigenvalue weighted by atomic mass is 10.3. The molecule has 0 radical (unpaired) electrons. The van der Waals surface area contributed by atoms with E-state index in [-0.39, 0.29) is 11.4 Å². The molecule has 0 bridgehead atoms. The van der Waals surface area contributed by atoms with Gasteiger partial charge in [0, 0.05) is 5.02 Å². The largest absolute Gasteiger partial charge is 0.501 e. The number of hydrogen-bond acceptors (Lipinski definition) is 2. The molecular formula is C6H4ClN2O+. The van der Waals surface area contributed by atoms with E-state index in [9.17, 15) is 0 Å². The lowest BCUT2D eigenvalue weighted by Crippen LogP contribution is -1.65. The first-order valence-electron chi connectivity index (χ1n) is 2.57. The number of hydrogen-bond donors (Lipinski definition) is 1. The number of diazo groups is 1. The van der Waals surface area contributed by atoms with Crippen LogP contribution >= 0.6 is 11.6 Å². The van der Waals surface area contributed by atoms with Gasteiger partial charge >= 0.3 is 5.69 Å². The molecule has 0 atom stereocenters. The second-order valence-corrected chi connectivity index (χ2v) is 2.17. The molecule has 0 saturated carbocycles. The number of phenols is 1. The van der Waals surface area contributed by atoms with Gasteiger partial charge in [0.1, 0.15) is 0 Å². The number of phenolic OH excluding ortho intramolecular Hbond substituents is 1. The van der Waals surface area contributed by atoms with Gasteiger partial charge in [-0.2, -0.15) is 0 Å².